The summed E-state index contributed by atoms with van der Waals surface area (Å²) in [5.41, 5.74) is 1.01. The minimum atomic E-state index is -0.0999. The lowest BCUT2D eigenvalue weighted by molar-refractivity contribution is -0.116. The number of ketones is 2. The Hall–Kier alpha value is -1.38. The molecular weight excluding hydrogens is 154 g/mol. The first-order valence-corrected chi connectivity index (χ1v) is 3.69. The molecule has 0 aromatic carbocycles. The fraction of sp³-hybridized carbons (Fsp3) is 0.333. The van der Waals surface area contributed by atoms with Crippen molar-refractivity contribution >= 4 is 11.6 Å². The van der Waals surface area contributed by atoms with E-state index >= 15 is 0 Å². The lowest BCUT2D eigenvalue weighted by Gasteiger charge is -2.18. The molecule has 0 aliphatic heterocycles. The second kappa shape index (κ2) is 2.93. The van der Waals surface area contributed by atoms with Crippen LogP contribution in [0.5, 0.6) is 0 Å². The van der Waals surface area contributed by atoms with E-state index in [1.165, 1.54) is 12.2 Å². The van der Waals surface area contributed by atoms with Crippen molar-refractivity contribution in [1.82, 2.24) is 4.90 Å². The second-order valence-electron chi connectivity index (χ2n) is 2.93. The number of nitrogens with zero attached hydrogens (tertiary/aromatic N) is 1. The molecule has 0 aromatic heterocycles. The molecule has 64 valence electrons. The zero-order valence-electron chi connectivity index (χ0n) is 7.42. The van der Waals surface area contributed by atoms with Crippen LogP contribution in [0.4, 0.5) is 0 Å². The Morgan fingerprint density at radius 3 is 2.00 bits per heavy atom. The van der Waals surface area contributed by atoms with Crippen molar-refractivity contribution in [2.24, 2.45) is 0 Å². The predicted molar refractivity (Wildman–Crippen MR) is 45.5 cm³/mol. The lowest BCUT2D eigenvalue weighted by Crippen LogP contribution is -2.24. The first-order valence-electron chi connectivity index (χ1n) is 3.69. The van der Waals surface area contributed by atoms with Crippen LogP contribution in [0.2, 0.25) is 0 Å². The van der Waals surface area contributed by atoms with Crippen molar-refractivity contribution in [3.05, 3.63) is 23.4 Å². The maximum atomic E-state index is 11.3. The minimum Gasteiger partial charge on any atom is -0.374 e. The van der Waals surface area contributed by atoms with Crippen LogP contribution in [-0.2, 0) is 9.59 Å². The highest BCUT2D eigenvalue weighted by molar-refractivity contribution is 6.19. The van der Waals surface area contributed by atoms with Gasteiger partial charge in [-0.2, -0.15) is 0 Å². The number of hydrogen-bond donors (Lipinski definition) is 0. The second-order valence-corrected chi connectivity index (χ2v) is 2.93. The summed E-state index contributed by atoms with van der Waals surface area (Å²) >= 11 is 0. The number of hydrogen-bond acceptors (Lipinski definition) is 3. The monoisotopic (exact) mass is 165 g/mol. The van der Waals surface area contributed by atoms with Crippen molar-refractivity contribution in [3.63, 3.8) is 0 Å². The van der Waals surface area contributed by atoms with Crippen LogP contribution in [0.1, 0.15) is 6.92 Å². The summed E-state index contributed by atoms with van der Waals surface area (Å²) in [5, 5.41) is 0. The topological polar surface area (TPSA) is 37.4 Å². The van der Waals surface area contributed by atoms with Gasteiger partial charge in [-0.1, -0.05) is 0 Å². The van der Waals surface area contributed by atoms with Crippen molar-refractivity contribution in [2.45, 2.75) is 6.92 Å². The van der Waals surface area contributed by atoms with Gasteiger partial charge < -0.3 is 4.90 Å². The van der Waals surface area contributed by atoms with Gasteiger partial charge >= 0.3 is 0 Å². The Morgan fingerprint density at radius 2 is 1.58 bits per heavy atom. The lowest BCUT2D eigenvalue weighted by atomic mass is 10.0. The summed E-state index contributed by atoms with van der Waals surface area (Å²) in [6.45, 7) is 1.67. The first-order chi connectivity index (χ1) is 5.54. The zero-order valence-corrected chi connectivity index (χ0v) is 7.42. The van der Waals surface area contributed by atoms with Gasteiger partial charge in [-0.25, -0.2) is 0 Å². The Bertz CT molecular complexity index is 298. The summed E-state index contributed by atoms with van der Waals surface area (Å²) < 4.78 is 0. The van der Waals surface area contributed by atoms with Crippen LogP contribution in [0, 0.1) is 0 Å². The molecule has 0 unspecified atom stereocenters. The number of carbonyl (C=O) groups excluding carboxylic acids is 2. The van der Waals surface area contributed by atoms with Crippen molar-refractivity contribution in [3.8, 4) is 0 Å². The average molecular weight is 165 g/mol. The van der Waals surface area contributed by atoms with E-state index in [1.807, 2.05) is 0 Å². The molecule has 0 bridgehead atoms. The number of rotatable bonds is 1. The van der Waals surface area contributed by atoms with E-state index in [2.05, 4.69) is 0 Å². The maximum absolute atomic E-state index is 11.3. The van der Waals surface area contributed by atoms with Crippen LogP contribution >= 0.6 is 0 Å². The van der Waals surface area contributed by atoms with E-state index in [4.69, 9.17) is 0 Å². The smallest absolute Gasteiger partial charge is 0.202 e. The van der Waals surface area contributed by atoms with Gasteiger partial charge in [0.05, 0.1) is 5.70 Å². The van der Waals surface area contributed by atoms with Gasteiger partial charge in [-0.3, -0.25) is 9.59 Å². The molecule has 0 aromatic rings. The Morgan fingerprint density at radius 1 is 1.08 bits per heavy atom. The van der Waals surface area contributed by atoms with Gasteiger partial charge in [-0.15, -0.1) is 0 Å². The van der Waals surface area contributed by atoms with Gasteiger partial charge in [0.2, 0.25) is 5.78 Å². The van der Waals surface area contributed by atoms with Gasteiger partial charge in [0.1, 0.15) is 0 Å². The molecule has 0 radical (unpaired) electrons. The molecule has 1 rings (SSSR count). The van der Waals surface area contributed by atoms with Gasteiger partial charge in [-0.05, 0) is 19.1 Å². The molecule has 0 fully saturated rings. The summed E-state index contributed by atoms with van der Waals surface area (Å²) in [6.07, 6.45) is 2.62. The molecule has 0 saturated heterocycles. The highest BCUT2D eigenvalue weighted by Crippen LogP contribution is 2.14. The first kappa shape index (κ1) is 8.71. The minimum absolute atomic E-state index is 0.0849. The Balaban J connectivity index is 3.15. The quantitative estimate of drug-likeness (QED) is 0.532. The Kier molecular flexibility index (Phi) is 2.13. The van der Waals surface area contributed by atoms with Crippen LogP contribution in [0.15, 0.2) is 23.4 Å². The summed E-state index contributed by atoms with van der Waals surface area (Å²) in [4.78, 5) is 24.0. The van der Waals surface area contributed by atoms with E-state index < -0.39 is 0 Å². The third kappa shape index (κ3) is 1.30. The van der Waals surface area contributed by atoms with Crippen LogP contribution in [0.25, 0.3) is 0 Å². The Labute approximate surface area is 71.4 Å². The third-order valence-corrected chi connectivity index (χ3v) is 1.79. The van der Waals surface area contributed by atoms with Crippen molar-refractivity contribution in [1.29, 1.82) is 0 Å². The average Bonchev–Trinajstić information content (AvgIpc) is 1.97. The van der Waals surface area contributed by atoms with Crippen molar-refractivity contribution < 1.29 is 9.59 Å². The highest BCUT2D eigenvalue weighted by atomic mass is 16.1. The van der Waals surface area contributed by atoms with Crippen LogP contribution in [-0.4, -0.2) is 30.6 Å². The van der Waals surface area contributed by atoms with Crippen molar-refractivity contribution in [2.75, 3.05) is 14.1 Å². The van der Waals surface area contributed by atoms with Gasteiger partial charge in [0.25, 0.3) is 0 Å². The number of allylic oxidation sites excluding steroid dienone is 3. The molecule has 0 N–H and O–H groups in total. The van der Waals surface area contributed by atoms with E-state index in [9.17, 15) is 9.59 Å². The summed E-state index contributed by atoms with van der Waals surface area (Å²) in [6, 6.07) is 0. The van der Waals surface area contributed by atoms with Gasteiger partial charge in [0.15, 0.2) is 5.78 Å². The molecule has 0 saturated carbocycles. The van der Waals surface area contributed by atoms with E-state index in [-0.39, 0.29) is 11.6 Å². The molecule has 1 aliphatic carbocycles. The predicted octanol–water partition coefficient (Wildman–Crippen LogP) is 0.530. The normalized spacial score (nSPS) is 17.2. The maximum Gasteiger partial charge on any atom is 0.202 e. The van der Waals surface area contributed by atoms with E-state index in [1.54, 1.807) is 25.9 Å². The largest absolute Gasteiger partial charge is 0.374 e. The molecule has 3 heteroatoms. The molecule has 3 nitrogen and oxygen atoms in total. The number of carbonyl (C=O) groups is 2. The molecule has 12 heavy (non-hydrogen) atoms. The van der Waals surface area contributed by atoms with E-state index in [0.717, 1.165) is 0 Å². The summed E-state index contributed by atoms with van der Waals surface area (Å²) in [5.74, 6) is -0.185. The highest BCUT2D eigenvalue weighted by Gasteiger charge is 2.20. The SMILES string of the molecule is CC1=C(N(C)C)C(=O)C=CC1=O. The van der Waals surface area contributed by atoms with E-state index in [0.29, 0.717) is 11.3 Å². The van der Waals surface area contributed by atoms with Crippen LogP contribution < -0.4 is 0 Å². The molecule has 0 spiro atoms. The molecule has 0 heterocycles. The summed E-state index contributed by atoms with van der Waals surface area (Å²) in [7, 11) is 3.51. The molecular formula is C9H11NO2. The van der Waals surface area contributed by atoms with Crippen LogP contribution in [0.3, 0.4) is 0 Å². The molecule has 0 atom stereocenters. The molecule has 0 amide bonds. The fourth-order valence-electron chi connectivity index (χ4n) is 1.21. The van der Waals surface area contributed by atoms with Gasteiger partial charge in [0, 0.05) is 19.7 Å². The zero-order chi connectivity index (χ0) is 9.30. The third-order valence-electron chi connectivity index (χ3n) is 1.79. The number of likely N-dealkylation sites (N-methyl/N-ethyl adjacent to an activating group) is 1. The molecule has 1 aliphatic rings. The fourth-order valence-corrected chi connectivity index (χ4v) is 1.21. The standard InChI is InChI=1S/C9H11NO2/c1-6-7(11)4-5-8(12)9(6)10(2)3/h4-5H,1-3H3.